The molecular weight excluding hydrogens is 260 g/mol. The molecule has 2 atom stereocenters. The SMILES string of the molecule is N[C@@]1(F)C=CC(Cl)=C(F)[C@@H]1C(=O)c1ccccc1. The summed E-state index contributed by atoms with van der Waals surface area (Å²) in [7, 11) is 0. The molecule has 0 radical (unpaired) electrons. The number of nitrogens with two attached hydrogens (primary N) is 1. The number of carbonyl (C=O) groups is 1. The average molecular weight is 270 g/mol. The summed E-state index contributed by atoms with van der Waals surface area (Å²) in [6.07, 6.45) is 1.91. The van der Waals surface area contributed by atoms with Gasteiger partial charge in [0.05, 0.1) is 5.03 Å². The van der Waals surface area contributed by atoms with Crippen LogP contribution in [0.3, 0.4) is 0 Å². The zero-order chi connectivity index (χ0) is 13.3. The molecule has 1 aliphatic rings. The van der Waals surface area contributed by atoms with Gasteiger partial charge in [-0.1, -0.05) is 41.9 Å². The summed E-state index contributed by atoms with van der Waals surface area (Å²) in [5.74, 6) is -6.09. The summed E-state index contributed by atoms with van der Waals surface area (Å²) in [4.78, 5) is 12.1. The summed E-state index contributed by atoms with van der Waals surface area (Å²) in [6, 6.07) is 7.84. The van der Waals surface area contributed by atoms with E-state index in [4.69, 9.17) is 17.3 Å². The fraction of sp³-hybridized carbons (Fsp3) is 0.154. The molecule has 2 N–H and O–H groups in total. The molecule has 0 unspecified atom stereocenters. The van der Waals surface area contributed by atoms with Crippen LogP contribution in [0.2, 0.25) is 0 Å². The van der Waals surface area contributed by atoms with Crippen LogP contribution in [-0.2, 0) is 0 Å². The first-order chi connectivity index (χ1) is 8.43. The minimum absolute atomic E-state index is 0.185. The lowest BCUT2D eigenvalue weighted by Crippen LogP contribution is -2.46. The molecule has 0 fully saturated rings. The lowest BCUT2D eigenvalue weighted by Gasteiger charge is -2.28. The third-order valence-electron chi connectivity index (χ3n) is 2.73. The summed E-state index contributed by atoms with van der Waals surface area (Å²) >= 11 is 5.56. The Kier molecular flexibility index (Phi) is 3.32. The maximum Gasteiger partial charge on any atom is 0.194 e. The third kappa shape index (κ3) is 2.21. The summed E-state index contributed by atoms with van der Waals surface area (Å²) in [6.45, 7) is 0. The van der Waals surface area contributed by atoms with Gasteiger partial charge in [0.2, 0.25) is 0 Å². The highest BCUT2D eigenvalue weighted by molar-refractivity contribution is 6.31. The molecule has 2 nitrogen and oxygen atoms in total. The predicted octanol–water partition coefficient (Wildman–Crippen LogP) is 3.10. The van der Waals surface area contributed by atoms with E-state index in [0.717, 1.165) is 12.2 Å². The third-order valence-corrected chi connectivity index (χ3v) is 3.04. The predicted molar refractivity (Wildman–Crippen MR) is 65.4 cm³/mol. The molecule has 0 aromatic heterocycles. The second-order valence-corrected chi connectivity index (χ2v) is 4.43. The Morgan fingerprint density at radius 2 is 1.94 bits per heavy atom. The van der Waals surface area contributed by atoms with Crippen molar-refractivity contribution in [2.75, 3.05) is 0 Å². The topological polar surface area (TPSA) is 43.1 Å². The lowest BCUT2D eigenvalue weighted by atomic mass is 9.85. The van der Waals surface area contributed by atoms with Crippen LogP contribution in [0.4, 0.5) is 8.78 Å². The summed E-state index contributed by atoms with van der Waals surface area (Å²) in [5.41, 5.74) is 5.49. The van der Waals surface area contributed by atoms with Gasteiger partial charge in [0.1, 0.15) is 11.7 Å². The van der Waals surface area contributed by atoms with Crippen molar-refractivity contribution in [1.82, 2.24) is 0 Å². The van der Waals surface area contributed by atoms with Crippen LogP contribution >= 0.6 is 11.6 Å². The van der Waals surface area contributed by atoms with Gasteiger partial charge >= 0.3 is 0 Å². The van der Waals surface area contributed by atoms with Gasteiger partial charge < -0.3 is 0 Å². The van der Waals surface area contributed by atoms with Crippen LogP contribution in [0, 0.1) is 5.92 Å². The van der Waals surface area contributed by atoms with Gasteiger partial charge in [0.15, 0.2) is 11.6 Å². The van der Waals surface area contributed by atoms with E-state index < -0.39 is 23.3 Å². The molecule has 18 heavy (non-hydrogen) atoms. The largest absolute Gasteiger partial charge is 0.295 e. The highest BCUT2D eigenvalue weighted by Gasteiger charge is 2.44. The maximum atomic E-state index is 14.0. The van der Waals surface area contributed by atoms with Gasteiger partial charge in [-0.3, -0.25) is 10.5 Å². The molecule has 1 aromatic rings. The Morgan fingerprint density at radius 3 is 2.56 bits per heavy atom. The van der Waals surface area contributed by atoms with Crippen molar-refractivity contribution in [2.45, 2.75) is 5.79 Å². The Balaban J connectivity index is 2.43. The van der Waals surface area contributed by atoms with Crippen molar-refractivity contribution in [3.63, 3.8) is 0 Å². The molecule has 0 spiro atoms. The minimum Gasteiger partial charge on any atom is -0.295 e. The Labute approximate surface area is 108 Å². The van der Waals surface area contributed by atoms with Crippen molar-refractivity contribution >= 4 is 17.4 Å². The van der Waals surface area contributed by atoms with Gasteiger partial charge in [0.25, 0.3) is 0 Å². The van der Waals surface area contributed by atoms with Crippen molar-refractivity contribution in [2.24, 2.45) is 11.7 Å². The first-order valence-electron chi connectivity index (χ1n) is 5.25. The van der Waals surface area contributed by atoms with Crippen LogP contribution in [-0.4, -0.2) is 11.6 Å². The van der Waals surface area contributed by atoms with Gasteiger partial charge in [0, 0.05) is 5.56 Å². The quantitative estimate of drug-likeness (QED) is 0.662. The van der Waals surface area contributed by atoms with Gasteiger partial charge in [-0.2, -0.15) is 0 Å². The molecule has 0 saturated carbocycles. The summed E-state index contributed by atoms with van der Waals surface area (Å²) < 4.78 is 27.9. The normalized spacial score (nSPS) is 27.4. The molecule has 0 bridgehead atoms. The number of Topliss-reactive ketones (excluding diaryl/α,β-unsaturated/α-hetero) is 1. The monoisotopic (exact) mass is 269 g/mol. The number of benzene rings is 1. The molecule has 2 rings (SSSR count). The van der Waals surface area contributed by atoms with Crippen LogP contribution < -0.4 is 5.73 Å². The standard InChI is InChI=1S/C13H10ClF2NO/c14-9-6-7-13(16,17)10(11(9)15)12(18)8-4-2-1-3-5-8/h1-7,10H,17H2/t10-,13+/m1/s1. The Morgan fingerprint density at radius 1 is 1.33 bits per heavy atom. The van der Waals surface area contributed by atoms with Crippen molar-refractivity contribution in [1.29, 1.82) is 0 Å². The number of allylic oxidation sites excluding steroid dienone is 2. The number of halogens is 3. The maximum absolute atomic E-state index is 14.0. The van der Waals surface area contributed by atoms with Gasteiger partial charge in [-0.25, -0.2) is 8.78 Å². The van der Waals surface area contributed by atoms with E-state index in [1.165, 1.54) is 12.1 Å². The first-order valence-corrected chi connectivity index (χ1v) is 5.63. The lowest BCUT2D eigenvalue weighted by molar-refractivity contribution is 0.0753. The van der Waals surface area contributed by atoms with E-state index >= 15 is 0 Å². The van der Waals surface area contributed by atoms with Gasteiger partial charge in [-0.15, -0.1) is 0 Å². The smallest absolute Gasteiger partial charge is 0.194 e. The zero-order valence-corrected chi connectivity index (χ0v) is 9.99. The molecule has 94 valence electrons. The van der Waals surface area contributed by atoms with E-state index in [1.807, 2.05) is 0 Å². The molecule has 5 heteroatoms. The summed E-state index contributed by atoms with van der Waals surface area (Å²) in [5, 5.41) is -0.303. The highest BCUT2D eigenvalue weighted by atomic mass is 35.5. The molecular formula is C13H10ClF2NO. The Hall–Kier alpha value is -1.52. The fourth-order valence-corrected chi connectivity index (χ4v) is 1.97. The van der Waals surface area contributed by atoms with E-state index in [2.05, 4.69) is 0 Å². The molecule has 0 aliphatic heterocycles. The number of hydrogen-bond acceptors (Lipinski definition) is 2. The molecule has 0 heterocycles. The molecule has 0 amide bonds. The number of alkyl halides is 1. The van der Waals surface area contributed by atoms with Crippen LogP contribution in [0.1, 0.15) is 10.4 Å². The number of hydrogen-bond donors (Lipinski definition) is 1. The van der Waals surface area contributed by atoms with Crippen LogP contribution in [0.15, 0.2) is 53.3 Å². The van der Waals surface area contributed by atoms with Crippen molar-refractivity contribution in [3.05, 3.63) is 58.9 Å². The molecule has 0 saturated heterocycles. The zero-order valence-electron chi connectivity index (χ0n) is 9.24. The number of rotatable bonds is 2. The second-order valence-electron chi connectivity index (χ2n) is 4.02. The fourth-order valence-electron chi connectivity index (χ4n) is 1.79. The van der Waals surface area contributed by atoms with Crippen LogP contribution in [0.5, 0.6) is 0 Å². The highest BCUT2D eigenvalue weighted by Crippen LogP contribution is 2.37. The molecule has 1 aliphatic carbocycles. The van der Waals surface area contributed by atoms with Crippen molar-refractivity contribution in [3.8, 4) is 0 Å². The van der Waals surface area contributed by atoms with E-state index in [9.17, 15) is 13.6 Å². The Bertz CT molecular complexity index is 537. The van der Waals surface area contributed by atoms with Crippen LogP contribution in [0.25, 0.3) is 0 Å². The van der Waals surface area contributed by atoms with Crippen molar-refractivity contribution < 1.29 is 13.6 Å². The molecule has 1 aromatic carbocycles. The van der Waals surface area contributed by atoms with E-state index in [0.29, 0.717) is 0 Å². The minimum atomic E-state index is -2.57. The van der Waals surface area contributed by atoms with E-state index in [-0.39, 0.29) is 10.6 Å². The number of ketones is 1. The van der Waals surface area contributed by atoms with E-state index in [1.54, 1.807) is 18.2 Å². The first kappa shape index (κ1) is 12.9. The number of carbonyl (C=O) groups excluding carboxylic acids is 1. The average Bonchev–Trinajstić information content (AvgIpc) is 2.35. The second kappa shape index (κ2) is 4.63. The van der Waals surface area contributed by atoms with Gasteiger partial charge in [-0.05, 0) is 12.2 Å².